The SMILES string of the molecule is CCCCC(CCC)NS(=O)(=O)c1c[nH]c(=O)c(Cl)c1. The molecule has 0 saturated carbocycles. The van der Waals surface area contributed by atoms with Gasteiger partial charge in [0.05, 0.1) is 4.90 Å². The van der Waals surface area contributed by atoms with Crippen LogP contribution in [0.3, 0.4) is 0 Å². The van der Waals surface area contributed by atoms with Crippen molar-refractivity contribution in [2.75, 3.05) is 0 Å². The largest absolute Gasteiger partial charge is 0.326 e. The Kier molecular flexibility index (Phi) is 6.71. The minimum Gasteiger partial charge on any atom is -0.326 e. The molecular formula is C13H21ClN2O3S. The Bertz CT molecular complexity index is 584. The first kappa shape index (κ1) is 17.2. The van der Waals surface area contributed by atoms with Crippen molar-refractivity contribution in [2.45, 2.75) is 56.9 Å². The van der Waals surface area contributed by atoms with Gasteiger partial charge in [0, 0.05) is 12.2 Å². The Labute approximate surface area is 124 Å². The van der Waals surface area contributed by atoms with Crippen molar-refractivity contribution in [3.05, 3.63) is 27.6 Å². The summed E-state index contributed by atoms with van der Waals surface area (Å²) >= 11 is 5.67. The quantitative estimate of drug-likeness (QED) is 0.773. The molecule has 0 bridgehead atoms. The van der Waals surface area contributed by atoms with Gasteiger partial charge in [0.2, 0.25) is 10.0 Å². The van der Waals surface area contributed by atoms with Crippen LogP contribution in [0.5, 0.6) is 0 Å². The summed E-state index contributed by atoms with van der Waals surface area (Å²) < 4.78 is 27.2. The van der Waals surface area contributed by atoms with Crippen LogP contribution in [0.4, 0.5) is 0 Å². The van der Waals surface area contributed by atoms with Crippen LogP contribution >= 0.6 is 11.6 Å². The fraction of sp³-hybridized carbons (Fsp3) is 0.615. The summed E-state index contributed by atoms with van der Waals surface area (Å²) in [6.45, 7) is 4.09. The maximum Gasteiger partial charge on any atom is 0.266 e. The lowest BCUT2D eigenvalue weighted by Crippen LogP contribution is -2.35. The normalized spacial score (nSPS) is 13.3. The molecule has 0 radical (unpaired) electrons. The van der Waals surface area contributed by atoms with E-state index < -0.39 is 15.6 Å². The standard InChI is InChI=1S/C13H21ClN2O3S/c1-3-5-7-10(6-4-2)16-20(18,19)11-8-12(14)13(17)15-9-11/h8-10,16H,3-7H2,1-2H3,(H,15,17). The molecule has 1 atom stereocenters. The summed E-state index contributed by atoms with van der Waals surface area (Å²) in [7, 11) is -3.66. The highest BCUT2D eigenvalue weighted by Gasteiger charge is 2.20. The van der Waals surface area contributed by atoms with Crippen molar-refractivity contribution in [3.63, 3.8) is 0 Å². The number of sulfonamides is 1. The van der Waals surface area contributed by atoms with Crippen molar-refractivity contribution in [1.29, 1.82) is 0 Å². The fourth-order valence-corrected chi connectivity index (χ4v) is 3.48. The molecule has 0 aliphatic carbocycles. The second kappa shape index (κ2) is 7.81. The molecule has 5 nitrogen and oxygen atoms in total. The smallest absolute Gasteiger partial charge is 0.266 e. The maximum atomic E-state index is 12.3. The lowest BCUT2D eigenvalue weighted by atomic mass is 10.1. The number of halogens is 1. The minimum absolute atomic E-state index is 0.0142. The highest BCUT2D eigenvalue weighted by Crippen LogP contribution is 2.14. The average molecular weight is 321 g/mol. The van der Waals surface area contributed by atoms with Gasteiger partial charge < -0.3 is 4.98 Å². The van der Waals surface area contributed by atoms with Crippen LogP contribution in [-0.4, -0.2) is 19.4 Å². The summed E-state index contributed by atoms with van der Waals surface area (Å²) in [5.41, 5.74) is -0.498. The van der Waals surface area contributed by atoms with Gasteiger partial charge in [0.15, 0.2) is 0 Å². The maximum absolute atomic E-state index is 12.3. The van der Waals surface area contributed by atoms with Crippen LogP contribution in [0, 0.1) is 0 Å². The Balaban J connectivity index is 2.90. The first-order valence-corrected chi connectivity index (χ1v) is 8.67. The number of H-pyrrole nitrogens is 1. The number of rotatable bonds is 8. The monoisotopic (exact) mass is 320 g/mol. The summed E-state index contributed by atoms with van der Waals surface area (Å²) in [5, 5.41) is -0.131. The molecule has 0 amide bonds. The molecule has 7 heteroatoms. The molecule has 1 aromatic heterocycles. The van der Waals surface area contributed by atoms with Gasteiger partial charge >= 0.3 is 0 Å². The summed E-state index contributed by atoms with van der Waals surface area (Å²) in [5.74, 6) is 0. The number of aromatic amines is 1. The molecule has 0 fully saturated rings. The molecule has 1 heterocycles. The molecule has 0 aromatic carbocycles. The van der Waals surface area contributed by atoms with Gasteiger partial charge in [0.1, 0.15) is 5.02 Å². The molecule has 1 rings (SSSR count). The van der Waals surface area contributed by atoms with Gasteiger partial charge in [-0.3, -0.25) is 4.79 Å². The van der Waals surface area contributed by atoms with Crippen LogP contribution in [0.25, 0.3) is 0 Å². The number of hydrogen-bond acceptors (Lipinski definition) is 3. The van der Waals surface area contributed by atoms with Gasteiger partial charge in [-0.1, -0.05) is 44.7 Å². The number of aromatic nitrogens is 1. The van der Waals surface area contributed by atoms with Gasteiger partial charge in [-0.2, -0.15) is 0 Å². The van der Waals surface area contributed by atoms with Crippen LogP contribution in [-0.2, 0) is 10.0 Å². The van der Waals surface area contributed by atoms with Crippen LogP contribution < -0.4 is 10.3 Å². The third-order valence-corrected chi connectivity index (χ3v) is 4.79. The Morgan fingerprint density at radius 1 is 1.30 bits per heavy atom. The van der Waals surface area contributed by atoms with E-state index in [1.54, 1.807) is 0 Å². The first-order valence-electron chi connectivity index (χ1n) is 6.81. The van der Waals surface area contributed by atoms with E-state index in [0.717, 1.165) is 32.1 Å². The Morgan fingerprint density at radius 3 is 2.55 bits per heavy atom. The van der Waals surface area contributed by atoms with Crippen LogP contribution in [0.1, 0.15) is 46.0 Å². The van der Waals surface area contributed by atoms with Gasteiger partial charge in [-0.15, -0.1) is 0 Å². The van der Waals surface area contributed by atoms with E-state index in [9.17, 15) is 13.2 Å². The zero-order valence-electron chi connectivity index (χ0n) is 11.8. The molecule has 0 aliphatic rings. The number of nitrogens with one attached hydrogen (secondary N) is 2. The van der Waals surface area contributed by atoms with Crippen molar-refractivity contribution in [2.24, 2.45) is 0 Å². The van der Waals surface area contributed by atoms with Crippen molar-refractivity contribution >= 4 is 21.6 Å². The Morgan fingerprint density at radius 2 is 2.00 bits per heavy atom. The lowest BCUT2D eigenvalue weighted by molar-refractivity contribution is 0.483. The minimum atomic E-state index is -3.66. The predicted molar refractivity (Wildman–Crippen MR) is 80.6 cm³/mol. The van der Waals surface area contributed by atoms with E-state index >= 15 is 0 Å². The zero-order chi connectivity index (χ0) is 15.2. The van der Waals surface area contributed by atoms with E-state index in [1.165, 1.54) is 12.3 Å². The van der Waals surface area contributed by atoms with Gasteiger partial charge in [0.25, 0.3) is 5.56 Å². The molecule has 0 aliphatic heterocycles. The highest BCUT2D eigenvalue weighted by molar-refractivity contribution is 7.89. The number of pyridine rings is 1. The summed E-state index contributed by atoms with van der Waals surface area (Å²) in [6.07, 6.45) is 5.66. The third-order valence-electron chi connectivity index (χ3n) is 3.01. The molecule has 0 saturated heterocycles. The number of unbranched alkanes of at least 4 members (excludes halogenated alkanes) is 1. The zero-order valence-corrected chi connectivity index (χ0v) is 13.4. The molecule has 1 aromatic rings. The number of hydrogen-bond donors (Lipinski definition) is 2. The molecule has 20 heavy (non-hydrogen) atoms. The molecule has 114 valence electrons. The molecule has 1 unspecified atom stereocenters. The molecule has 0 spiro atoms. The lowest BCUT2D eigenvalue weighted by Gasteiger charge is -2.17. The molecular weight excluding hydrogens is 300 g/mol. The highest BCUT2D eigenvalue weighted by atomic mass is 35.5. The second-order valence-corrected chi connectivity index (χ2v) is 6.88. The van der Waals surface area contributed by atoms with Gasteiger partial charge in [-0.25, -0.2) is 13.1 Å². The average Bonchev–Trinajstić information content (AvgIpc) is 2.39. The van der Waals surface area contributed by atoms with Crippen molar-refractivity contribution < 1.29 is 8.42 Å². The van der Waals surface area contributed by atoms with Crippen molar-refractivity contribution in [3.8, 4) is 0 Å². The third kappa shape index (κ3) is 4.92. The van der Waals surface area contributed by atoms with E-state index in [4.69, 9.17) is 11.6 Å². The first-order chi connectivity index (χ1) is 9.40. The van der Waals surface area contributed by atoms with E-state index in [-0.39, 0.29) is 16.0 Å². The summed E-state index contributed by atoms with van der Waals surface area (Å²) in [6, 6.07) is 1.08. The van der Waals surface area contributed by atoms with Crippen molar-refractivity contribution in [1.82, 2.24) is 9.71 Å². The van der Waals surface area contributed by atoms with E-state index in [1.807, 2.05) is 6.92 Å². The summed E-state index contributed by atoms with van der Waals surface area (Å²) in [4.78, 5) is 13.5. The van der Waals surface area contributed by atoms with Gasteiger partial charge in [-0.05, 0) is 18.9 Å². The van der Waals surface area contributed by atoms with E-state index in [0.29, 0.717) is 0 Å². The van der Waals surface area contributed by atoms with E-state index in [2.05, 4.69) is 16.6 Å². The second-order valence-electron chi connectivity index (χ2n) is 4.76. The Hall–Kier alpha value is -0.850. The molecule has 2 N–H and O–H groups in total. The van der Waals surface area contributed by atoms with Crippen LogP contribution in [0.2, 0.25) is 5.02 Å². The fourth-order valence-electron chi connectivity index (χ4n) is 1.94. The topological polar surface area (TPSA) is 79.0 Å². The van der Waals surface area contributed by atoms with Crippen LogP contribution in [0.15, 0.2) is 22.0 Å². The predicted octanol–water partition coefficient (Wildman–Crippen LogP) is 2.67.